The first-order valence-corrected chi connectivity index (χ1v) is 9.09. The van der Waals surface area contributed by atoms with Gasteiger partial charge in [-0.15, -0.1) is 0 Å². The van der Waals surface area contributed by atoms with Crippen molar-refractivity contribution in [1.82, 2.24) is 8.96 Å². The Bertz CT molecular complexity index is 787. The van der Waals surface area contributed by atoms with Crippen LogP contribution in [0.3, 0.4) is 0 Å². The predicted octanol–water partition coefficient (Wildman–Crippen LogP) is 2.90. The summed E-state index contributed by atoms with van der Waals surface area (Å²) in [7, 11) is -0.448. The van der Waals surface area contributed by atoms with Crippen LogP contribution < -0.4 is 9.47 Å². The third kappa shape index (κ3) is 2.95. The maximum Gasteiger partial charge on any atom is 0.237 e. The quantitative estimate of drug-likeness (QED) is 0.732. The minimum Gasteiger partial charge on any atom is -0.495 e. The monoisotopic (exact) mass is 438 g/mol. The van der Waals surface area contributed by atoms with E-state index in [-0.39, 0.29) is 5.82 Å². The lowest BCUT2D eigenvalue weighted by atomic mass is 10.2. The molecule has 2 aromatic rings. The highest BCUT2D eigenvalue weighted by Gasteiger charge is 2.22. The van der Waals surface area contributed by atoms with Crippen LogP contribution in [-0.2, 0) is 10.0 Å². The maximum atomic E-state index is 11.8. The topological polar surface area (TPSA) is 70.4 Å². The van der Waals surface area contributed by atoms with E-state index >= 15 is 0 Å². The second-order valence-corrected chi connectivity index (χ2v) is 7.60. The molecule has 0 aliphatic carbocycles. The molecule has 21 heavy (non-hydrogen) atoms. The van der Waals surface area contributed by atoms with Crippen LogP contribution in [0.1, 0.15) is 0 Å². The number of nitrogens with zero attached hydrogens (tertiary/aromatic N) is 2. The van der Waals surface area contributed by atoms with Crippen molar-refractivity contribution in [3.63, 3.8) is 0 Å². The molecule has 1 aromatic heterocycles. The molecule has 0 unspecified atom stereocenters. The van der Waals surface area contributed by atoms with Gasteiger partial charge in [-0.2, -0.15) is 0 Å². The summed E-state index contributed by atoms with van der Waals surface area (Å²) in [5.74, 6) is 1.25. The zero-order chi connectivity index (χ0) is 15.8. The average Bonchev–Trinajstić information content (AvgIpc) is 2.87. The van der Waals surface area contributed by atoms with E-state index in [1.54, 1.807) is 6.07 Å². The Morgan fingerprint density at radius 1 is 1.19 bits per heavy atom. The first-order chi connectivity index (χ1) is 9.81. The molecular weight excluding hydrogens is 428 g/mol. The molecule has 114 valence electrons. The molecule has 1 aromatic carbocycles. The number of aromatic nitrogens is 2. The number of imidazole rings is 1. The highest BCUT2D eigenvalue weighted by atomic mass is 79.9. The molecule has 0 N–H and O–H groups in total. The van der Waals surface area contributed by atoms with Crippen molar-refractivity contribution >= 4 is 41.9 Å². The maximum absolute atomic E-state index is 11.8. The van der Waals surface area contributed by atoms with Crippen LogP contribution in [0.5, 0.6) is 11.5 Å². The Morgan fingerprint density at radius 3 is 2.33 bits per heavy atom. The summed E-state index contributed by atoms with van der Waals surface area (Å²) < 4.78 is 36.6. The third-order valence-electron chi connectivity index (χ3n) is 2.75. The van der Waals surface area contributed by atoms with Gasteiger partial charge in [0.2, 0.25) is 10.0 Å². The first kappa shape index (κ1) is 16.3. The van der Waals surface area contributed by atoms with E-state index in [0.717, 1.165) is 10.2 Å². The Balaban J connectivity index is 2.80. The number of hydrogen-bond donors (Lipinski definition) is 0. The van der Waals surface area contributed by atoms with Crippen molar-refractivity contribution < 1.29 is 17.9 Å². The SMILES string of the molecule is COc1c(Br)cc(-c2nccn2S(C)(=O)=O)c(OC)c1Br. The molecule has 2 rings (SSSR count). The van der Waals surface area contributed by atoms with Gasteiger partial charge in [0, 0.05) is 12.4 Å². The summed E-state index contributed by atoms with van der Waals surface area (Å²) in [6.45, 7) is 0. The minimum absolute atomic E-state index is 0.262. The molecular formula is C12H12Br2N2O4S. The van der Waals surface area contributed by atoms with Crippen molar-refractivity contribution in [1.29, 1.82) is 0 Å². The van der Waals surface area contributed by atoms with Gasteiger partial charge < -0.3 is 9.47 Å². The van der Waals surface area contributed by atoms with Crippen LogP contribution in [0.2, 0.25) is 0 Å². The lowest BCUT2D eigenvalue weighted by Gasteiger charge is -2.15. The number of hydrogen-bond acceptors (Lipinski definition) is 5. The smallest absolute Gasteiger partial charge is 0.237 e. The van der Waals surface area contributed by atoms with Crippen LogP contribution in [0, 0.1) is 0 Å². The summed E-state index contributed by atoms with van der Waals surface area (Å²) in [5, 5.41) is 0. The molecule has 0 fully saturated rings. The zero-order valence-electron chi connectivity index (χ0n) is 11.4. The molecule has 0 aliphatic heterocycles. The van der Waals surface area contributed by atoms with Crippen molar-refractivity contribution in [3.05, 3.63) is 27.4 Å². The largest absolute Gasteiger partial charge is 0.495 e. The number of methoxy groups -OCH3 is 2. The normalized spacial score (nSPS) is 11.5. The molecule has 6 nitrogen and oxygen atoms in total. The molecule has 0 radical (unpaired) electrons. The zero-order valence-corrected chi connectivity index (χ0v) is 15.4. The fourth-order valence-corrected chi connectivity index (χ4v) is 4.23. The van der Waals surface area contributed by atoms with E-state index in [0.29, 0.717) is 26.0 Å². The van der Waals surface area contributed by atoms with Gasteiger partial charge in [0.1, 0.15) is 10.2 Å². The second kappa shape index (κ2) is 5.98. The molecule has 9 heteroatoms. The van der Waals surface area contributed by atoms with Crippen LogP contribution in [0.15, 0.2) is 27.4 Å². The fourth-order valence-electron chi connectivity index (χ4n) is 1.88. The van der Waals surface area contributed by atoms with E-state index < -0.39 is 10.0 Å². The number of ether oxygens (including phenoxy) is 2. The molecule has 0 saturated heterocycles. The lowest BCUT2D eigenvalue weighted by molar-refractivity contribution is 0.388. The molecule has 1 heterocycles. The van der Waals surface area contributed by atoms with Crippen LogP contribution >= 0.6 is 31.9 Å². The van der Waals surface area contributed by atoms with Gasteiger partial charge in [-0.3, -0.25) is 0 Å². The van der Waals surface area contributed by atoms with E-state index in [2.05, 4.69) is 36.8 Å². The Morgan fingerprint density at radius 2 is 1.81 bits per heavy atom. The molecule has 0 atom stereocenters. The van der Waals surface area contributed by atoms with Gasteiger partial charge in [-0.1, -0.05) is 0 Å². The number of benzene rings is 1. The third-order valence-corrected chi connectivity index (χ3v) is 5.06. The van der Waals surface area contributed by atoms with Crippen molar-refractivity contribution in [2.24, 2.45) is 0 Å². The summed E-state index contributed by atoms with van der Waals surface area (Å²) in [4.78, 5) is 4.12. The summed E-state index contributed by atoms with van der Waals surface area (Å²) in [6, 6.07) is 1.70. The van der Waals surface area contributed by atoms with E-state index in [1.165, 1.54) is 26.6 Å². The van der Waals surface area contributed by atoms with Crippen LogP contribution in [-0.4, -0.2) is 37.8 Å². The molecule has 0 spiro atoms. The van der Waals surface area contributed by atoms with Gasteiger partial charge in [-0.25, -0.2) is 17.4 Å². The van der Waals surface area contributed by atoms with Crippen molar-refractivity contribution in [3.8, 4) is 22.9 Å². The minimum atomic E-state index is -3.47. The summed E-state index contributed by atoms with van der Waals surface area (Å²) in [5.41, 5.74) is 0.521. The van der Waals surface area contributed by atoms with Gasteiger partial charge in [0.25, 0.3) is 0 Å². The lowest BCUT2D eigenvalue weighted by Crippen LogP contribution is -2.11. The molecule has 0 amide bonds. The average molecular weight is 440 g/mol. The Kier molecular flexibility index (Phi) is 4.64. The second-order valence-electron chi connectivity index (χ2n) is 4.10. The molecule has 0 aliphatic rings. The number of rotatable bonds is 4. The van der Waals surface area contributed by atoms with Crippen LogP contribution in [0.4, 0.5) is 0 Å². The van der Waals surface area contributed by atoms with Gasteiger partial charge >= 0.3 is 0 Å². The van der Waals surface area contributed by atoms with Gasteiger partial charge in [0.15, 0.2) is 11.6 Å². The predicted molar refractivity (Wildman–Crippen MR) is 86.4 cm³/mol. The fraction of sp³-hybridized carbons (Fsp3) is 0.250. The van der Waals surface area contributed by atoms with E-state index in [1.807, 2.05) is 0 Å². The first-order valence-electron chi connectivity index (χ1n) is 5.65. The number of halogens is 2. The Labute approximate surface area is 139 Å². The van der Waals surface area contributed by atoms with Crippen molar-refractivity contribution in [2.75, 3.05) is 20.5 Å². The molecule has 0 saturated carbocycles. The highest BCUT2D eigenvalue weighted by molar-refractivity contribution is 9.11. The standard InChI is InChI=1S/C12H12Br2N2O4S/c1-19-10-7(6-8(13)11(20-2)9(10)14)12-15-4-5-16(12)21(3,17)18/h4-6H,1-3H3. The summed E-state index contributed by atoms with van der Waals surface area (Å²) >= 11 is 6.78. The molecule has 0 bridgehead atoms. The van der Waals surface area contributed by atoms with E-state index in [9.17, 15) is 8.42 Å². The Hall–Kier alpha value is -1.06. The van der Waals surface area contributed by atoms with Crippen LogP contribution in [0.25, 0.3) is 11.4 Å². The van der Waals surface area contributed by atoms with Gasteiger partial charge in [0.05, 0.1) is 30.5 Å². The van der Waals surface area contributed by atoms with Gasteiger partial charge in [-0.05, 0) is 37.9 Å². The highest BCUT2D eigenvalue weighted by Crippen LogP contribution is 2.46. The van der Waals surface area contributed by atoms with Crippen molar-refractivity contribution in [2.45, 2.75) is 0 Å². The van der Waals surface area contributed by atoms with E-state index in [4.69, 9.17) is 9.47 Å². The summed E-state index contributed by atoms with van der Waals surface area (Å²) in [6.07, 6.45) is 3.91.